The van der Waals surface area contributed by atoms with Crippen LogP contribution >= 0.6 is 55.4 Å². The van der Waals surface area contributed by atoms with Gasteiger partial charge in [-0.05, 0) is 46.3 Å². The van der Waals surface area contributed by atoms with E-state index in [-0.39, 0.29) is 9.20 Å². The second-order valence-corrected chi connectivity index (χ2v) is 9.45. The Morgan fingerprint density at radius 3 is 2.50 bits per heavy atom. The Balaban J connectivity index is 2.44. The molecule has 0 aliphatic rings. The maximum Gasteiger partial charge on any atom is 0.271 e. The Morgan fingerprint density at radius 2 is 1.95 bits per heavy atom. The molecule has 1 aromatic heterocycles. The largest absolute Gasteiger partial charge is 0.389 e. The number of nitrogens with one attached hydrogen (secondary N) is 1. The molecular formula is C11H8Br2N2O2S3. The van der Waals surface area contributed by atoms with Gasteiger partial charge in [-0.2, -0.15) is 0 Å². The SMILES string of the molecule is NC(=S)c1ccc(Br)cc1NS(=O)(=O)c1ccc(Br)s1. The average molecular weight is 456 g/mol. The molecule has 2 aromatic rings. The number of thiophene rings is 1. The standard InChI is InChI=1S/C11H8Br2N2O2S3/c12-6-1-2-7(11(14)18)8(5-6)15-20(16,17)10-4-3-9(13)19-10/h1-5,15H,(H2,14,18). The first-order valence-corrected chi connectivity index (χ1v) is 9.46. The lowest BCUT2D eigenvalue weighted by atomic mass is 10.2. The first kappa shape index (κ1) is 15.9. The number of hydrogen-bond donors (Lipinski definition) is 2. The quantitative estimate of drug-likeness (QED) is 0.689. The predicted octanol–water partition coefficient (Wildman–Crippen LogP) is 3.71. The molecule has 0 aliphatic carbocycles. The van der Waals surface area contributed by atoms with E-state index in [4.69, 9.17) is 18.0 Å². The molecule has 0 saturated heterocycles. The van der Waals surface area contributed by atoms with Crippen molar-refractivity contribution in [2.24, 2.45) is 5.73 Å². The van der Waals surface area contributed by atoms with Crippen LogP contribution in [0.3, 0.4) is 0 Å². The van der Waals surface area contributed by atoms with E-state index in [1.807, 2.05) is 0 Å². The van der Waals surface area contributed by atoms with Crippen molar-refractivity contribution >= 4 is 76.1 Å². The van der Waals surface area contributed by atoms with E-state index in [1.165, 1.54) is 6.07 Å². The van der Waals surface area contributed by atoms with Crippen LogP contribution in [0.2, 0.25) is 0 Å². The molecule has 1 aromatic carbocycles. The summed E-state index contributed by atoms with van der Waals surface area (Å²) in [4.78, 5) is 0.127. The van der Waals surface area contributed by atoms with Crippen LogP contribution in [-0.4, -0.2) is 13.4 Å². The summed E-state index contributed by atoms with van der Waals surface area (Å²) in [6.07, 6.45) is 0. The van der Waals surface area contributed by atoms with Gasteiger partial charge in [0.05, 0.1) is 9.47 Å². The van der Waals surface area contributed by atoms with Gasteiger partial charge in [0.1, 0.15) is 9.20 Å². The molecule has 0 aliphatic heterocycles. The summed E-state index contributed by atoms with van der Waals surface area (Å²) < 4.78 is 28.7. The van der Waals surface area contributed by atoms with Crippen molar-refractivity contribution in [2.45, 2.75) is 4.21 Å². The second kappa shape index (κ2) is 6.10. The van der Waals surface area contributed by atoms with E-state index >= 15 is 0 Å². The number of rotatable bonds is 4. The predicted molar refractivity (Wildman–Crippen MR) is 92.9 cm³/mol. The fourth-order valence-corrected chi connectivity index (χ4v) is 5.07. The topological polar surface area (TPSA) is 72.2 Å². The summed E-state index contributed by atoms with van der Waals surface area (Å²) in [5, 5.41) is 0. The Labute approximate surface area is 142 Å². The summed E-state index contributed by atoms with van der Waals surface area (Å²) in [6.45, 7) is 0. The summed E-state index contributed by atoms with van der Waals surface area (Å²) in [5.41, 5.74) is 6.42. The molecule has 0 fully saturated rings. The molecule has 2 rings (SSSR count). The van der Waals surface area contributed by atoms with Crippen molar-refractivity contribution < 1.29 is 8.42 Å². The Morgan fingerprint density at radius 1 is 1.25 bits per heavy atom. The first-order chi connectivity index (χ1) is 9.29. The summed E-state index contributed by atoms with van der Waals surface area (Å²) >= 11 is 12.6. The minimum atomic E-state index is -3.66. The highest BCUT2D eigenvalue weighted by Gasteiger charge is 2.19. The molecule has 3 N–H and O–H groups in total. The minimum absolute atomic E-state index is 0.127. The highest BCUT2D eigenvalue weighted by molar-refractivity contribution is 9.11. The minimum Gasteiger partial charge on any atom is -0.389 e. The molecular weight excluding hydrogens is 448 g/mol. The summed E-state index contributed by atoms with van der Waals surface area (Å²) in [5.74, 6) is 0. The molecule has 0 spiro atoms. The fraction of sp³-hybridized carbons (Fsp3) is 0. The van der Waals surface area contributed by atoms with Crippen molar-refractivity contribution in [2.75, 3.05) is 4.72 Å². The van der Waals surface area contributed by atoms with Gasteiger partial charge < -0.3 is 5.73 Å². The van der Waals surface area contributed by atoms with E-state index in [9.17, 15) is 8.42 Å². The van der Waals surface area contributed by atoms with Crippen LogP contribution in [0, 0.1) is 0 Å². The number of thiocarbonyl (C=S) groups is 1. The maximum absolute atomic E-state index is 12.3. The fourth-order valence-electron chi connectivity index (χ4n) is 1.45. The maximum atomic E-state index is 12.3. The van der Waals surface area contributed by atoms with Gasteiger partial charge in [-0.15, -0.1) is 11.3 Å². The third kappa shape index (κ3) is 3.59. The van der Waals surface area contributed by atoms with Crippen LogP contribution in [0.15, 0.2) is 42.8 Å². The zero-order chi connectivity index (χ0) is 14.9. The second-order valence-electron chi connectivity index (χ2n) is 3.72. The first-order valence-electron chi connectivity index (χ1n) is 5.17. The average Bonchev–Trinajstić information content (AvgIpc) is 2.75. The van der Waals surface area contributed by atoms with Gasteiger partial charge in [0.25, 0.3) is 10.0 Å². The van der Waals surface area contributed by atoms with Crippen LogP contribution in [0.1, 0.15) is 5.56 Å². The van der Waals surface area contributed by atoms with Gasteiger partial charge in [0, 0.05) is 10.0 Å². The van der Waals surface area contributed by atoms with Crippen LogP contribution in [-0.2, 0) is 10.0 Å². The Hall–Kier alpha value is -0.480. The lowest BCUT2D eigenvalue weighted by Crippen LogP contribution is -2.17. The van der Waals surface area contributed by atoms with Crippen molar-refractivity contribution in [3.05, 3.63) is 44.2 Å². The van der Waals surface area contributed by atoms with E-state index < -0.39 is 10.0 Å². The zero-order valence-electron chi connectivity index (χ0n) is 9.76. The number of hydrogen-bond acceptors (Lipinski definition) is 4. The van der Waals surface area contributed by atoms with E-state index in [0.717, 1.165) is 19.6 Å². The van der Waals surface area contributed by atoms with Gasteiger partial charge in [-0.25, -0.2) is 8.42 Å². The van der Waals surface area contributed by atoms with E-state index in [1.54, 1.807) is 24.3 Å². The molecule has 0 bridgehead atoms. The highest BCUT2D eigenvalue weighted by atomic mass is 79.9. The molecule has 0 amide bonds. The molecule has 0 atom stereocenters. The third-order valence-corrected chi connectivity index (χ3v) is 6.50. The van der Waals surface area contributed by atoms with Crippen molar-refractivity contribution in [3.8, 4) is 0 Å². The smallest absolute Gasteiger partial charge is 0.271 e. The molecule has 106 valence electrons. The van der Waals surface area contributed by atoms with Gasteiger partial charge >= 0.3 is 0 Å². The number of benzene rings is 1. The highest BCUT2D eigenvalue weighted by Crippen LogP contribution is 2.29. The molecule has 0 radical (unpaired) electrons. The third-order valence-electron chi connectivity index (χ3n) is 2.30. The monoisotopic (exact) mass is 454 g/mol. The lowest BCUT2D eigenvalue weighted by molar-refractivity contribution is 0.603. The molecule has 0 saturated carbocycles. The van der Waals surface area contributed by atoms with Crippen LogP contribution in [0.4, 0.5) is 5.69 Å². The summed E-state index contributed by atoms with van der Waals surface area (Å²) in [7, 11) is -3.66. The van der Waals surface area contributed by atoms with Gasteiger partial charge in [0.15, 0.2) is 0 Å². The number of halogens is 2. The normalized spacial score (nSPS) is 11.3. The molecule has 20 heavy (non-hydrogen) atoms. The molecule has 9 heteroatoms. The Kier molecular flexibility index (Phi) is 4.85. The van der Waals surface area contributed by atoms with E-state index in [0.29, 0.717) is 11.3 Å². The van der Waals surface area contributed by atoms with Crippen LogP contribution in [0.5, 0.6) is 0 Å². The van der Waals surface area contributed by atoms with Crippen LogP contribution in [0.25, 0.3) is 0 Å². The molecule has 0 unspecified atom stereocenters. The molecule has 4 nitrogen and oxygen atoms in total. The lowest BCUT2D eigenvalue weighted by Gasteiger charge is -2.11. The summed E-state index contributed by atoms with van der Waals surface area (Å²) in [6, 6.07) is 8.22. The number of sulfonamides is 1. The number of anilines is 1. The van der Waals surface area contributed by atoms with Crippen molar-refractivity contribution in [1.82, 2.24) is 0 Å². The Bertz CT molecular complexity index is 772. The van der Waals surface area contributed by atoms with Crippen molar-refractivity contribution in [3.63, 3.8) is 0 Å². The van der Waals surface area contributed by atoms with Gasteiger partial charge in [-0.1, -0.05) is 28.1 Å². The van der Waals surface area contributed by atoms with Gasteiger partial charge in [-0.3, -0.25) is 4.72 Å². The number of nitrogens with two attached hydrogens (primary N) is 1. The van der Waals surface area contributed by atoms with Crippen LogP contribution < -0.4 is 10.5 Å². The van der Waals surface area contributed by atoms with E-state index in [2.05, 4.69) is 36.6 Å². The van der Waals surface area contributed by atoms with Gasteiger partial charge in [0.2, 0.25) is 0 Å². The zero-order valence-corrected chi connectivity index (χ0v) is 15.4. The van der Waals surface area contributed by atoms with Crippen molar-refractivity contribution in [1.29, 1.82) is 0 Å². The molecule has 1 heterocycles.